The Morgan fingerprint density at radius 2 is 1.48 bits per heavy atom. The Balaban J connectivity index is 1.52. The number of halogens is 2. The van der Waals surface area contributed by atoms with Crippen molar-refractivity contribution in [3.63, 3.8) is 0 Å². The molecule has 31 heavy (non-hydrogen) atoms. The molecule has 8 heteroatoms. The molecule has 0 radical (unpaired) electrons. The maximum Gasteiger partial charge on any atom is 0.240 e. The molecule has 1 heterocycles. The van der Waals surface area contributed by atoms with Crippen molar-refractivity contribution in [3.05, 3.63) is 81.8 Å². The number of nitrogen functional groups attached to an aromatic ring is 1. The van der Waals surface area contributed by atoms with Gasteiger partial charge in [0.15, 0.2) is 0 Å². The normalized spacial score (nSPS) is 13.4. The standard InChI is InChI=1S/C23H23Cl2N3O2S/c24-18-4-8-21(9-5-18)31(29,30)27-12-1-13-28-22-10-6-19(25)14-16(22)2-3-17-15-20(26)7-11-23(17)28/h4-11,14-15,27H,1-3,12-13,26H2. The first-order valence-electron chi connectivity index (χ1n) is 10.0. The summed E-state index contributed by atoms with van der Waals surface area (Å²) in [7, 11) is -3.58. The second kappa shape index (κ2) is 9.09. The summed E-state index contributed by atoms with van der Waals surface area (Å²) in [5.41, 5.74) is 11.3. The number of sulfonamides is 1. The number of rotatable bonds is 6. The third-order valence-electron chi connectivity index (χ3n) is 5.36. The molecule has 0 unspecified atom stereocenters. The van der Waals surface area contributed by atoms with E-state index in [0.717, 1.165) is 29.9 Å². The molecule has 0 bridgehead atoms. The monoisotopic (exact) mass is 475 g/mol. The third kappa shape index (κ3) is 4.99. The van der Waals surface area contributed by atoms with E-state index in [-0.39, 0.29) is 4.90 Å². The Morgan fingerprint density at radius 3 is 2.19 bits per heavy atom. The van der Waals surface area contributed by atoms with E-state index >= 15 is 0 Å². The largest absolute Gasteiger partial charge is 0.399 e. The fraction of sp³-hybridized carbons (Fsp3) is 0.217. The smallest absolute Gasteiger partial charge is 0.240 e. The number of fused-ring (bicyclic) bond motifs is 2. The molecule has 0 amide bonds. The number of aryl methyl sites for hydroxylation is 2. The molecule has 0 aliphatic carbocycles. The number of nitrogens with one attached hydrogen (secondary N) is 1. The van der Waals surface area contributed by atoms with Crippen LogP contribution in [0.5, 0.6) is 0 Å². The highest BCUT2D eigenvalue weighted by molar-refractivity contribution is 7.89. The summed E-state index contributed by atoms with van der Waals surface area (Å²) < 4.78 is 27.7. The lowest BCUT2D eigenvalue weighted by Gasteiger charge is -2.27. The summed E-state index contributed by atoms with van der Waals surface area (Å²) in [6.07, 6.45) is 2.36. The topological polar surface area (TPSA) is 75.4 Å². The summed E-state index contributed by atoms with van der Waals surface area (Å²) in [4.78, 5) is 2.43. The van der Waals surface area contributed by atoms with Crippen LogP contribution < -0.4 is 15.4 Å². The quantitative estimate of drug-likeness (QED) is 0.380. The average Bonchev–Trinajstić information content (AvgIpc) is 2.88. The zero-order valence-corrected chi connectivity index (χ0v) is 19.1. The molecule has 0 aromatic heterocycles. The zero-order valence-electron chi connectivity index (χ0n) is 16.8. The van der Waals surface area contributed by atoms with Crippen LogP contribution in [-0.4, -0.2) is 21.5 Å². The predicted molar refractivity (Wildman–Crippen MR) is 128 cm³/mol. The molecule has 3 N–H and O–H groups in total. The Morgan fingerprint density at radius 1 is 0.871 bits per heavy atom. The van der Waals surface area contributed by atoms with Crippen LogP contribution in [0.15, 0.2) is 65.6 Å². The highest BCUT2D eigenvalue weighted by Crippen LogP contribution is 2.38. The van der Waals surface area contributed by atoms with Gasteiger partial charge >= 0.3 is 0 Å². The molecule has 3 aromatic carbocycles. The van der Waals surface area contributed by atoms with E-state index in [1.54, 1.807) is 12.1 Å². The van der Waals surface area contributed by atoms with Crippen molar-refractivity contribution in [2.75, 3.05) is 23.7 Å². The van der Waals surface area contributed by atoms with Crippen molar-refractivity contribution in [1.82, 2.24) is 4.72 Å². The van der Waals surface area contributed by atoms with E-state index in [4.69, 9.17) is 28.9 Å². The van der Waals surface area contributed by atoms with Crippen molar-refractivity contribution in [2.45, 2.75) is 24.2 Å². The van der Waals surface area contributed by atoms with Gasteiger partial charge in [-0.15, -0.1) is 0 Å². The highest BCUT2D eigenvalue weighted by atomic mass is 35.5. The van der Waals surface area contributed by atoms with Crippen LogP contribution in [-0.2, 0) is 22.9 Å². The first kappa shape index (κ1) is 22.0. The second-order valence-corrected chi connectivity index (χ2v) is 10.2. The number of benzene rings is 3. The molecule has 0 saturated carbocycles. The van der Waals surface area contributed by atoms with E-state index in [9.17, 15) is 8.42 Å². The summed E-state index contributed by atoms with van der Waals surface area (Å²) in [5, 5.41) is 1.21. The van der Waals surface area contributed by atoms with Gasteiger partial charge in [0, 0.05) is 40.2 Å². The van der Waals surface area contributed by atoms with Gasteiger partial charge in [-0.25, -0.2) is 13.1 Å². The van der Waals surface area contributed by atoms with E-state index in [1.165, 1.54) is 23.3 Å². The second-order valence-electron chi connectivity index (χ2n) is 7.52. The van der Waals surface area contributed by atoms with Crippen LogP contribution in [0.25, 0.3) is 0 Å². The lowest BCUT2D eigenvalue weighted by atomic mass is 10.0. The number of hydrogen-bond acceptors (Lipinski definition) is 4. The minimum Gasteiger partial charge on any atom is -0.399 e. The summed E-state index contributed by atoms with van der Waals surface area (Å²) in [6, 6.07) is 18.0. The number of nitrogens with zero attached hydrogens (tertiary/aromatic N) is 1. The van der Waals surface area contributed by atoms with Gasteiger partial charge < -0.3 is 10.6 Å². The van der Waals surface area contributed by atoms with Crippen LogP contribution in [0, 0.1) is 0 Å². The Kier molecular flexibility index (Phi) is 6.44. The van der Waals surface area contributed by atoms with Gasteiger partial charge in [-0.05, 0) is 91.1 Å². The molecule has 0 atom stereocenters. The molecule has 0 saturated heterocycles. The molecule has 1 aliphatic rings. The van der Waals surface area contributed by atoms with Gasteiger partial charge in [-0.2, -0.15) is 0 Å². The zero-order chi connectivity index (χ0) is 22.0. The van der Waals surface area contributed by atoms with Crippen LogP contribution in [0.4, 0.5) is 17.1 Å². The number of hydrogen-bond donors (Lipinski definition) is 2. The maximum absolute atomic E-state index is 12.5. The summed E-state index contributed by atoms with van der Waals surface area (Å²) >= 11 is 12.1. The van der Waals surface area contributed by atoms with Crippen molar-refractivity contribution in [3.8, 4) is 0 Å². The highest BCUT2D eigenvalue weighted by Gasteiger charge is 2.21. The van der Waals surface area contributed by atoms with Gasteiger partial charge in [0.1, 0.15) is 0 Å². The van der Waals surface area contributed by atoms with Crippen LogP contribution in [0.2, 0.25) is 10.0 Å². The molecular weight excluding hydrogens is 453 g/mol. The first-order chi connectivity index (χ1) is 14.8. The van der Waals surface area contributed by atoms with Crippen molar-refractivity contribution in [2.24, 2.45) is 0 Å². The minimum atomic E-state index is -3.58. The van der Waals surface area contributed by atoms with Crippen molar-refractivity contribution >= 4 is 50.3 Å². The molecule has 162 valence electrons. The molecule has 1 aliphatic heterocycles. The summed E-state index contributed by atoms with van der Waals surface area (Å²) in [5.74, 6) is 0. The predicted octanol–water partition coefficient (Wildman–Crippen LogP) is 5.18. The van der Waals surface area contributed by atoms with Crippen molar-refractivity contribution < 1.29 is 8.42 Å². The summed E-state index contributed by atoms with van der Waals surface area (Å²) in [6.45, 7) is 0.962. The van der Waals surface area contributed by atoms with Gasteiger partial charge in [0.05, 0.1) is 4.90 Å². The first-order valence-corrected chi connectivity index (χ1v) is 12.3. The SMILES string of the molecule is Nc1ccc2c(c1)CCc1cc(Cl)ccc1N2CCCNS(=O)(=O)c1ccc(Cl)cc1. The van der Waals surface area contributed by atoms with Gasteiger partial charge in [-0.1, -0.05) is 23.2 Å². The molecule has 3 aromatic rings. The van der Waals surface area contributed by atoms with E-state index in [0.29, 0.717) is 29.6 Å². The van der Waals surface area contributed by atoms with Crippen LogP contribution in [0.1, 0.15) is 17.5 Å². The van der Waals surface area contributed by atoms with Crippen LogP contribution in [0.3, 0.4) is 0 Å². The Labute approximate surface area is 192 Å². The molecule has 0 spiro atoms. The molecular formula is C23H23Cl2N3O2S. The fourth-order valence-corrected chi connectivity index (χ4v) is 5.26. The number of anilines is 3. The number of nitrogens with two attached hydrogens (primary N) is 1. The van der Waals surface area contributed by atoms with E-state index in [2.05, 4.69) is 9.62 Å². The van der Waals surface area contributed by atoms with E-state index in [1.807, 2.05) is 36.4 Å². The van der Waals surface area contributed by atoms with Crippen molar-refractivity contribution in [1.29, 1.82) is 0 Å². The van der Waals surface area contributed by atoms with Gasteiger partial charge in [0.2, 0.25) is 10.0 Å². The Bertz CT molecular complexity index is 1140. The Hall–Kier alpha value is -2.25. The lowest BCUT2D eigenvalue weighted by molar-refractivity contribution is 0.579. The third-order valence-corrected chi connectivity index (χ3v) is 7.33. The fourth-order valence-electron chi connectivity index (χ4n) is 3.87. The van der Waals surface area contributed by atoms with Gasteiger partial charge in [-0.3, -0.25) is 0 Å². The molecule has 0 fully saturated rings. The maximum atomic E-state index is 12.5. The molecule has 4 rings (SSSR count). The molecule has 5 nitrogen and oxygen atoms in total. The lowest BCUT2D eigenvalue weighted by Crippen LogP contribution is -2.28. The van der Waals surface area contributed by atoms with Crippen LogP contribution >= 0.6 is 23.2 Å². The average molecular weight is 476 g/mol. The van der Waals surface area contributed by atoms with E-state index < -0.39 is 10.0 Å². The van der Waals surface area contributed by atoms with Gasteiger partial charge in [0.25, 0.3) is 0 Å². The minimum absolute atomic E-state index is 0.201.